The van der Waals surface area contributed by atoms with E-state index in [9.17, 15) is 23.2 Å². The van der Waals surface area contributed by atoms with Crippen molar-refractivity contribution in [2.45, 2.75) is 38.0 Å². The van der Waals surface area contributed by atoms with Crippen LogP contribution in [0.4, 0.5) is 24.1 Å². The fraction of sp³-hybridized carbons (Fsp3) is 0.292. The number of para-hydroxylation sites is 1. The van der Waals surface area contributed by atoms with Crippen LogP contribution in [0.1, 0.15) is 18.4 Å². The largest absolute Gasteiger partial charge is 0.435 e. The summed E-state index contributed by atoms with van der Waals surface area (Å²) in [4.78, 5) is 39.7. The van der Waals surface area contributed by atoms with Gasteiger partial charge in [0.05, 0.1) is 17.2 Å². The van der Waals surface area contributed by atoms with Crippen LogP contribution in [0.2, 0.25) is 0 Å². The van der Waals surface area contributed by atoms with Crippen LogP contribution in [0, 0.1) is 5.92 Å². The average molecular weight is 468 g/mol. The zero-order valence-electron chi connectivity index (χ0n) is 18.0. The van der Waals surface area contributed by atoms with Gasteiger partial charge >= 0.3 is 18.7 Å². The first-order chi connectivity index (χ1) is 16.3. The number of amides is 3. The number of hydrogen-bond acceptors (Lipinski definition) is 4. The number of benzene rings is 2. The number of likely N-dealkylation sites (tertiary alicyclic amines) is 1. The van der Waals surface area contributed by atoms with Crippen LogP contribution < -0.4 is 15.8 Å². The summed E-state index contributed by atoms with van der Waals surface area (Å²) in [7, 11) is 0. The molecule has 2 heterocycles. The molecule has 1 aliphatic carbocycles. The number of fused-ring (bicyclic) bond motifs is 2. The first-order valence-corrected chi connectivity index (χ1v) is 10.9. The summed E-state index contributed by atoms with van der Waals surface area (Å²) in [6.45, 7) is -2.95. The zero-order chi connectivity index (χ0) is 24.0. The van der Waals surface area contributed by atoms with Crippen LogP contribution in [-0.2, 0) is 11.2 Å². The van der Waals surface area contributed by atoms with Crippen molar-refractivity contribution >= 4 is 34.4 Å². The minimum Gasteiger partial charge on any atom is -0.435 e. The van der Waals surface area contributed by atoms with Crippen molar-refractivity contribution in [3.63, 3.8) is 0 Å². The Balaban J connectivity index is 1.34. The van der Waals surface area contributed by atoms with Gasteiger partial charge in [0.15, 0.2) is 5.78 Å². The SMILES string of the molecule is NC(=O)n1cc(NC(=O)N2C3CC3C[C@H]2C(=O)Cc2cccc(OC(F)F)c2)c2ccccc21. The van der Waals surface area contributed by atoms with E-state index in [4.69, 9.17) is 5.73 Å². The van der Waals surface area contributed by atoms with Crippen molar-refractivity contribution in [2.75, 3.05) is 5.32 Å². The summed E-state index contributed by atoms with van der Waals surface area (Å²) >= 11 is 0. The first-order valence-electron chi connectivity index (χ1n) is 10.9. The van der Waals surface area contributed by atoms with Crippen LogP contribution in [0.25, 0.3) is 10.9 Å². The predicted molar refractivity (Wildman–Crippen MR) is 120 cm³/mol. The number of halogens is 2. The van der Waals surface area contributed by atoms with Gasteiger partial charge in [-0.05, 0) is 42.5 Å². The van der Waals surface area contributed by atoms with Crippen molar-refractivity contribution in [1.29, 1.82) is 0 Å². The molecule has 2 fully saturated rings. The minimum absolute atomic E-state index is 0.00466. The lowest BCUT2D eigenvalue weighted by molar-refractivity contribution is -0.122. The molecular weight excluding hydrogens is 446 g/mol. The quantitative estimate of drug-likeness (QED) is 0.571. The van der Waals surface area contributed by atoms with Gasteiger partial charge in [-0.3, -0.25) is 9.36 Å². The van der Waals surface area contributed by atoms with Crippen LogP contribution in [-0.4, -0.2) is 46.0 Å². The van der Waals surface area contributed by atoms with E-state index in [2.05, 4.69) is 10.1 Å². The van der Waals surface area contributed by atoms with Crippen LogP contribution in [0.5, 0.6) is 5.75 Å². The van der Waals surface area contributed by atoms with Crippen molar-refractivity contribution in [2.24, 2.45) is 11.7 Å². The van der Waals surface area contributed by atoms with E-state index >= 15 is 0 Å². The molecule has 176 valence electrons. The summed E-state index contributed by atoms with van der Waals surface area (Å²) in [6, 6.07) is 11.3. The molecule has 0 spiro atoms. The van der Waals surface area contributed by atoms with Gasteiger partial charge in [0.1, 0.15) is 5.75 Å². The highest BCUT2D eigenvalue weighted by atomic mass is 19.3. The lowest BCUT2D eigenvalue weighted by atomic mass is 10.0. The number of primary amides is 1. The Morgan fingerprint density at radius 1 is 1.12 bits per heavy atom. The van der Waals surface area contributed by atoms with Crippen LogP contribution >= 0.6 is 0 Å². The summed E-state index contributed by atoms with van der Waals surface area (Å²) in [6.07, 6.45) is 2.86. The monoisotopic (exact) mass is 468 g/mol. The van der Waals surface area contributed by atoms with Gasteiger partial charge in [0.25, 0.3) is 0 Å². The molecule has 0 radical (unpaired) electrons. The number of urea groups is 1. The molecule has 5 rings (SSSR count). The van der Waals surface area contributed by atoms with Gasteiger partial charge in [-0.15, -0.1) is 0 Å². The molecule has 1 saturated carbocycles. The third-order valence-electron chi connectivity index (χ3n) is 6.40. The van der Waals surface area contributed by atoms with E-state index in [0.29, 0.717) is 28.6 Å². The average Bonchev–Trinajstić information content (AvgIpc) is 3.29. The molecule has 1 aliphatic heterocycles. The van der Waals surface area contributed by atoms with Crippen LogP contribution in [0.15, 0.2) is 54.7 Å². The molecule has 3 aromatic rings. The number of nitrogens with one attached hydrogen (secondary N) is 1. The minimum atomic E-state index is -2.95. The Bertz CT molecular complexity index is 1290. The molecule has 2 aliphatic rings. The topological polar surface area (TPSA) is 107 Å². The highest BCUT2D eigenvalue weighted by Gasteiger charge is 2.55. The molecule has 1 saturated heterocycles. The molecule has 2 aromatic carbocycles. The zero-order valence-corrected chi connectivity index (χ0v) is 18.0. The number of ether oxygens (including phenoxy) is 1. The molecule has 3 N–H and O–H groups in total. The van der Waals surface area contributed by atoms with Crippen molar-refractivity contribution in [1.82, 2.24) is 9.47 Å². The maximum Gasteiger partial charge on any atom is 0.387 e. The number of nitrogens with two attached hydrogens (primary N) is 1. The lowest BCUT2D eigenvalue weighted by Crippen LogP contribution is -2.45. The molecular formula is C24H22F2N4O4. The van der Waals surface area contributed by atoms with E-state index in [1.165, 1.54) is 22.9 Å². The second-order valence-electron chi connectivity index (χ2n) is 8.59. The second-order valence-corrected chi connectivity index (χ2v) is 8.59. The molecule has 3 atom stereocenters. The van der Waals surface area contributed by atoms with Gasteiger partial charge in [-0.2, -0.15) is 8.78 Å². The second kappa shape index (κ2) is 8.44. The number of ketones is 1. The van der Waals surface area contributed by atoms with Gasteiger partial charge in [-0.1, -0.05) is 30.3 Å². The summed E-state index contributed by atoms with van der Waals surface area (Å²) < 4.78 is 30.7. The molecule has 10 heteroatoms. The summed E-state index contributed by atoms with van der Waals surface area (Å²) in [5.74, 6) is 0.0753. The Morgan fingerprint density at radius 3 is 2.68 bits per heavy atom. The first kappa shape index (κ1) is 21.9. The smallest absolute Gasteiger partial charge is 0.387 e. The number of rotatable bonds is 6. The van der Waals surface area contributed by atoms with E-state index in [1.54, 1.807) is 41.3 Å². The van der Waals surface area contributed by atoms with Gasteiger partial charge in [0.2, 0.25) is 0 Å². The normalized spacial score (nSPS) is 20.9. The van der Waals surface area contributed by atoms with E-state index in [0.717, 1.165) is 6.42 Å². The molecule has 34 heavy (non-hydrogen) atoms. The number of nitrogens with zero attached hydrogens (tertiary/aromatic N) is 2. The van der Waals surface area contributed by atoms with E-state index < -0.39 is 24.7 Å². The van der Waals surface area contributed by atoms with Crippen molar-refractivity contribution in [3.05, 3.63) is 60.3 Å². The molecule has 2 unspecified atom stereocenters. The standard InChI is InChI=1S/C24H22F2N4O4/c25-22(26)34-15-5-3-4-13(8-15)9-21(31)20-11-14-10-19(14)30(20)24(33)28-17-12-29(23(27)32)18-7-2-1-6-16(17)18/h1-8,12,14,19-20,22H,9-11H2,(H2,27,32)(H,28,33)/t14?,19?,20-/m0/s1. The molecule has 3 amide bonds. The Labute approximate surface area is 193 Å². The van der Waals surface area contributed by atoms with Gasteiger partial charge in [0, 0.05) is 24.0 Å². The number of Topliss-reactive ketones (excluding diaryl/α,β-unsaturated/α-hetero) is 1. The molecule has 0 bridgehead atoms. The maximum atomic E-state index is 13.3. The number of aromatic nitrogens is 1. The molecule has 8 nitrogen and oxygen atoms in total. The number of carbonyl (C=O) groups excluding carboxylic acids is 3. The Morgan fingerprint density at radius 2 is 1.91 bits per heavy atom. The number of hydrogen-bond donors (Lipinski definition) is 2. The fourth-order valence-corrected chi connectivity index (χ4v) is 4.83. The Hall–Kier alpha value is -3.95. The summed E-state index contributed by atoms with van der Waals surface area (Å²) in [5, 5.41) is 3.49. The third kappa shape index (κ3) is 4.07. The predicted octanol–water partition coefficient (Wildman–Crippen LogP) is 3.98. The van der Waals surface area contributed by atoms with E-state index in [-0.39, 0.29) is 29.9 Å². The fourth-order valence-electron chi connectivity index (χ4n) is 4.83. The number of anilines is 1. The van der Waals surface area contributed by atoms with Crippen LogP contribution in [0.3, 0.4) is 0 Å². The number of alkyl halides is 2. The number of piperidine rings is 1. The number of carbonyl (C=O) groups is 3. The van der Waals surface area contributed by atoms with Crippen molar-refractivity contribution in [3.8, 4) is 5.75 Å². The van der Waals surface area contributed by atoms with Gasteiger partial charge < -0.3 is 20.7 Å². The van der Waals surface area contributed by atoms with Crippen molar-refractivity contribution < 1.29 is 27.9 Å². The van der Waals surface area contributed by atoms with E-state index in [1.807, 2.05) is 0 Å². The lowest BCUT2D eigenvalue weighted by Gasteiger charge is -2.27. The maximum absolute atomic E-state index is 13.3. The molecule has 1 aromatic heterocycles. The Kier molecular flexibility index (Phi) is 5.43. The highest BCUT2D eigenvalue weighted by molar-refractivity contribution is 6.05. The highest BCUT2D eigenvalue weighted by Crippen LogP contribution is 2.48. The third-order valence-corrected chi connectivity index (χ3v) is 6.40. The van der Waals surface area contributed by atoms with Gasteiger partial charge in [-0.25, -0.2) is 9.59 Å². The summed E-state index contributed by atoms with van der Waals surface area (Å²) in [5.41, 5.74) is 6.98.